The number of halogens is 1. The standard InChI is InChI=1S/C26H37FN4O2/c1-4-9-21(17-31(3)18-30-25(33)23(28)14-15-24(29)32)26(2,19-10-6-5-7-11-19)20-12-8-13-22(27)16-20/h5-8,10-13,16,21,23H,4,9,14-15,17-18,28H2,1-3H3,(H2,29,32)(H,30,33)/t21?,23-,26?/m0/s1. The van der Waals surface area contributed by atoms with E-state index in [1.54, 1.807) is 12.1 Å². The van der Waals surface area contributed by atoms with Gasteiger partial charge in [-0.1, -0.05) is 62.7 Å². The minimum Gasteiger partial charge on any atom is -0.370 e. The number of nitrogens with two attached hydrogens (primary N) is 2. The SMILES string of the molecule is CCCC(CN(C)CNC(=O)[C@@H](N)CCC(N)=O)C(C)(c1ccccc1)c1cccc(F)c1. The molecule has 0 bridgehead atoms. The molecule has 0 heterocycles. The van der Waals surface area contributed by atoms with Gasteiger partial charge in [-0.2, -0.15) is 0 Å². The van der Waals surface area contributed by atoms with Crippen molar-refractivity contribution >= 4 is 11.8 Å². The molecule has 7 heteroatoms. The van der Waals surface area contributed by atoms with Crippen molar-refractivity contribution in [2.45, 2.75) is 51.0 Å². The zero-order chi connectivity index (χ0) is 24.4. The van der Waals surface area contributed by atoms with E-state index in [4.69, 9.17) is 11.5 Å². The molecule has 3 atom stereocenters. The quantitative estimate of drug-likeness (QED) is 0.403. The summed E-state index contributed by atoms with van der Waals surface area (Å²) in [7, 11) is 1.94. The summed E-state index contributed by atoms with van der Waals surface area (Å²) in [5, 5.41) is 2.84. The van der Waals surface area contributed by atoms with E-state index in [0.717, 1.165) is 24.0 Å². The molecule has 0 aliphatic heterocycles. The molecule has 0 spiro atoms. The average molecular weight is 457 g/mol. The maximum atomic E-state index is 14.2. The van der Waals surface area contributed by atoms with Crippen molar-refractivity contribution in [3.63, 3.8) is 0 Å². The van der Waals surface area contributed by atoms with E-state index >= 15 is 0 Å². The predicted molar refractivity (Wildman–Crippen MR) is 130 cm³/mol. The Hall–Kier alpha value is -2.77. The van der Waals surface area contributed by atoms with E-state index in [0.29, 0.717) is 13.2 Å². The van der Waals surface area contributed by atoms with Crippen LogP contribution in [0.4, 0.5) is 4.39 Å². The maximum absolute atomic E-state index is 14.2. The molecular formula is C26H37FN4O2. The Morgan fingerprint density at radius 3 is 2.36 bits per heavy atom. The first-order valence-electron chi connectivity index (χ1n) is 11.5. The monoisotopic (exact) mass is 456 g/mol. The van der Waals surface area contributed by atoms with Gasteiger partial charge in [0.25, 0.3) is 0 Å². The average Bonchev–Trinajstić information content (AvgIpc) is 2.80. The zero-order valence-electron chi connectivity index (χ0n) is 19.9. The van der Waals surface area contributed by atoms with E-state index < -0.39 is 17.4 Å². The van der Waals surface area contributed by atoms with Crippen LogP contribution < -0.4 is 16.8 Å². The molecule has 2 unspecified atom stereocenters. The second-order valence-electron chi connectivity index (χ2n) is 8.91. The van der Waals surface area contributed by atoms with Gasteiger partial charge in [-0.25, -0.2) is 4.39 Å². The normalized spacial score (nSPS) is 15.0. The number of hydrogen-bond donors (Lipinski definition) is 3. The van der Waals surface area contributed by atoms with Crippen molar-refractivity contribution < 1.29 is 14.0 Å². The molecule has 2 aromatic carbocycles. The summed E-state index contributed by atoms with van der Waals surface area (Å²) in [5.41, 5.74) is 12.6. The highest BCUT2D eigenvalue weighted by atomic mass is 19.1. The number of amides is 2. The highest BCUT2D eigenvalue weighted by Gasteiger charge is 2.38. The third-order valence-corrected chi connectivity index (χ3v) is 6.35. The van der Waals surface area contributed by atoms with Crippen LogP contribution in [-0.2, 0) is 15.0 Å². The Labute approximate surface area is 196 Å². The topological polar surface area (TPSA) is 101 Å². The van der Waals surface area contributed by atoms with E-state index in [9.17, 15) is 14.0 Å². The third kappa shape index (κ3) is 7.37. The van der Waals surface area contributed by atoms with Crippen molar-refractivity contribution in [3.8, 4) is 0 Å². The molecule has 0 saturated heterocycles. The van der Waals surface area contributed by atoms with Crippen molar-refractivity contribution in [2.75, 3.05) is 20.3 Å². The summed E-state index contributed by atoms with van der Waals surface area (Å²) < 4.78 is 14.2. The van der Waals surface area contributed by atoms with Gasteiger partial charge in [0.15, 0.2) is 0 Å². The van der Waals surface area contributed by atoms with Crippen molar-refractivity contribution in [1.29, 1.82) is 0 Å². The fourth-order valence-electron chi connectivity index (χ4n) is 4.36. The highest BCUT2D eigenvalue weighted by molar-refractivity contribution is 5.82. The lowest BCUT2D eigenvalue weighted by atomic mass is 9.65. The van der Waals surface area contributed by atoms with Crippen LogP contribution in [0.15, 0.2) is 54.6 Å². The molecule has 0 fully saturated rings. The molecule has 0 saturated carbocycles. The predicted octanol–water partition coefficient (Wildman–Crippen LogP) is 3.15. The van der Waals surface area contributed by atoms with Gasteiger partial charge in [0.1, 0.15) is 5.82 Å². The molecule has 2 rings (SSSR count). The van der Waals surface area contributed by atoms with Crippen LogP contribution in [-0.4, -0.2) is 43.0 Å². The first kappa shape index (κ1) is 26.5. The number of nitrogens with one attached hydrogen (secondary N) is 1. The van der Waals surface area contributed by atoms with E-state index in [1.807, 2.05) is 36.2 Å². The molecule has 5 N–H and O–H groups in total. The number of nitrogens with zero attached hydrogens (tertiary/aromatic N) is 1. The second-order valence-corrected chi connectivity index (χ2v) is 8.91. The summed E-state index contributed by atoms with van der Waals surface area (Å²) in [4.78, 5) is 25.3. The van der Waals surface area contributed by atoms with Gasteiger partial charge >= 0.3 is 0 Å². The molecule has 33 heavy (non-hydrogen) atoms. The molecule has 0 aromatic heterocycles. The smallest absolute Gasteiger partial charge is 0.237 e. The van der Waals surface area contributed by atoms with Crippen LogP contribution in [0, 0.1) is 11.7 Å². The van der Waals surface area contributed by atoms with Gasteiger partial charge in [-0.05, 0) is 49.1 Å². The van der Waals surface area contributed by atoms with Crippen molar-refractivity contribution in [2.24, 2.45) is 17.4 Å². The molecule has 0 aliphatic carbocycles. The van der Waals surface area contributed by atoms with Gasteiger partial charge in [0.05, 0.1) is 12.7 Å². The number of hydrogen-bond acceptors (Lipinski definition) is 4. The fourth-order valence-corrected chi connectivity index (χ4v) is 4.36. The first-order valence-corrected chi connectivity index (χ1v) is 11.5. The molecule has 0 radical (unpaired) electrons. The maximum Gasteiger partial charge on any atom is 0.237 e. The van der Waals surface area contributed by atoms with E-state index in [-0.39, 0.29) is 30.5 Å². The van der Waals surface area contributed by atoms with E-state index in [1.165, 1.54) is 6.07 Å². The largest absolute Gasteiger partial charge is 0.370 e. The number of carbonyl (C=O) groups excluding carboxylic acids is 2. The second kappa shape index (κ2) is 12.5. The van der Waals surface area contributed by atoms with Gasteiger partial charge in [0.2, 0.25) is 11.8 Å². The lowest BCUT2D eigenvalue weighted by Gasteiger charge is -2.41. The van der Waals surface area contributed by atoms with Gasteiger partial charge in [-0.3, -0.25) is 14.5 Å². The molecule has 2 amide bonds. The van der Waals surface area contributed by atoms with Crippen LogP contribution in [0.3, 0.4) is 0 Å². The summed E-state index contributed by atoms with van der Waals surface area (Å²) in [6.45, 7) is 5.32. The third-order valence-electron chi connectivity index (χ3n) is 6.35. The fraction of sp³-hybridized carbons (Fsp3) is 0.462. The molecule has 180 valence electrons. The molecular weight excluding hydrogens is 419 g/mol. The van der Waals surface area contributed by atoms with Crippen LogP contribution in [0.5, 0.6) is 0 Å². The Bertz CT molecular complexity index is 908. The summed E-state index contributed by atoms with van der Waals surface area (Å²) >= 11 is 0. The van der Waals surface area contributed by atoms with Crippen LogP contribution in [0.25, 0.3) is 0 Å². The first-order chi connectivity index (χ1) is 15.7. The Morgan fingerprint density at radius 1 is 1.09 bits per heavy atom. The highest BCUT2D eigenvalue weighted by Crippen LogP contribution is 2.41. The minimum absolute atomic E-state index is 0.0755. The lowest BCUT2D eigenvalue weighted by molar-refractivity contribution is -0.123. The van der Waals surface area contributed by atoms with Crippen molar-refractivity contribution in [1.82, 2.24) is 10.2 Å². The van der Waals surface area contributed by atoms with Crippen molar-refractivity contribution in [3.05, 3.63) is 71.5 Å². The Balaban J connectivity index is 2.20. The molecule has 6 nitrogen and oxygen atoms in total. The minimum atomic E-state index is -0.779. The van der Waals surface area contributed by atoms with E-state index in [2.05, 4.69) is 31.3 Å². The summed E-state index contributed by atoms with van der Waals surface area (Å²) in [5.74, 6) is -0.881. The zero-order valence-corrected chi connectivity index (χ0v) is 19.9. The lowest BCUT2D eigenvalue weighted by Crippen LogP contribution is -2.47. The number of primary amides is 1. The molecule has 2 aromatic rings. The molecule has 0 aliphatic rings. The number of rotatable bonds is 13. The number of carbonyl (C=O) groups is 2. The summed E-state index contributed by atoms with van der Waals surface area (Å²) in [6, 6.07) is 16.2. The van der Waals surface area contributed by atoms with Gasteiger partial charge < -0.3 is 16.8 Å². The van der Waals surface area contributed by atoms with Gasteiger partial charge in [-0.15, -0.1) is 0 Å². The summed E-state index contributed by atoms with van der Waals surface area (Å²) in [6.07, 6.45) is 2.19. The Kier molecular flexibility index (Phi) is 10.0. The van der Waals surface area contributed by atoms with Crippen LogP contribution in [0.1, 0.15) is 50.7 Å². The number of benzene rings is 2. The van der Waals surface area contributed by atoms with Gasteiger partial charge in [0, 0.05) is 18.4 Å². The Morgan fingerprint density at radius 2 is 1.76 bits per heavy atom. The van der Waals surface area contributed by atoms with Crippen LogP contribution >= 0.6 is 0 Å². The van der Waals surface area contributed by atoms with Crippen LogP contribution in [0.2, 0.25) is 0 Å².